The predicted octanol–water partition coefficient (Wildman–Crippen LogP) is 5.72. The Labute approximate surface area is 365 Å². The minimum absolute atomic E-state index is 0.0589. The van der Waals surface area contributed by atoms with Gasteiger partial charge in [-0.25, -0.2) is 18.4 Å². The Kier molecular flexibility index (Phi) is 16.9. The highest BCUT2D eigenvalue weighted by atomic mass is 19.3. The lowest BCUT2D eigenvalue weighted by molar-refractivity contribution is -0.131. The third-order valence-corrected chi connectivity index (χ3v) is 10.9. The van der Waals surface area contributed by atoms with Crippen molar-refractivity contribution in [3.8, 4) is 0 Å². The van der Waals surface area contributed by atoms with E-state index < -0.39 is 36.3 Å². The normalized spacial score (nSPS) is 14.4. The summed E-state index contributed by atoms with van der Waals surface area (Å²) in [6, 6.07) is 22.6. The van der Waals surface area contributed by atoms with E-state index in [2.05, 4.69) is 9.80 Å². The van der Waals surface area contributed by atoms with Gasteiger partial charge in [0.15, 0.2) is 11.6 Å². The fraction of sp³-hybridized carbons (Fsp3) is 0.370. The number of carbonyl (C=O) groups excluding carboxylic acids is 5. The van der Waals surface area contributed by atoms with Crippen LogP contribution in [0.2, 0.25) is 0 Å². The zero-order valence-corrected chi connectivity index (χ0v) is 36.0. The summed E-state index contributed by atoms with van der Waals surface area (Å²) in [7, 11) is 4.01. The molecule has 0 spiro atoms. The van der Waals surface area contributed by atoms with E-state index in [1.165, 1.54) is 23.1 Å². The van der Waals surface area contributed by atoms with Gasteiger partial charge in [-0.15, -0.1) is 0 Å². The predicted molar refractivity (Wildman–Crippen MR) is 233 cm³/mol. The summed E-state index contributed by atoms with van der Waals surface area (Å²) in [6.45, 7) is 8.53. The van der Waals surface area contributed by atoms with Crippen LogP contribution in [0.3, 0.4) is 0 Å². The fourth-order valence-corrected chi connectivity index (χ4v) is 6.83. The second-order valence-corrected chi connectivity index (χ2v) is 15.7. The number of rotatable bonds is 12. The summed E-state index contributed by atoms with van der Waals surface area (Å²) in [5.74, 6) is -3.83. The first-order valence-electron chi connectivity index (χ1n) is 20.6. The lowest BCUT2D eigenvalue weighted by Gasteiger charge is -2.36. The minimum Gasteiger partial charge on any atom is -0.344 e. The molecule has 5 amide bonds. The Morgan fingerprint density at radius 3 is 1.33 bits per heavy atom. The monoisotopic (exact) mass is 874 g/mol. The molecule has 4 aromatic carbocycles. The van der Waals surface area contributed by atoms with Gasteiger partial charge in [-0.1, -0.05) is 59.7 Å². The molecule has 2 aliphatic heterocycles. The van der Waals surface area contributed by atoms with Crippen LogP contribution >= 0.6 is 0 Å². The van der Waals surface area contributed by atoms with Crippen molar-refractivity contribution >= 4 is 40.9 Å². The lowest BCUT2D eigenvalue weighted by atomic mass is 10.1. The van der Waals surface area contributed by atoms with Crippen molar-refractivity contribution in [2.45, 2.75) is 33.4 Å². The van der Waals surface area contributed by atoms with Crippen molar-refractivity contribution in [3.05, 3.63) is 130 Å². The second kappa shape index (κ2) is 22.3. The van der Waals surface area contributed by atoms with E-state index in [9.17, 15) is 41.5 Å². The van der Waals surface area contributed by atoms with Gasteiger partial charge >= 0.3 is 18.5 Å². The number of nitrogens with one attached hydrogen (secondary N) is 1. The molecule has 2 saturated heterocycles. The zero-order chi connectivity index (χ0) is 45.8. The molecule has 2 heterocycles. The molecule has 6 rings (SSSR count). The van der Waals surface area contributed by atoms with Crippen LogP contribution in [0.1, 0.15) is 43.0 Å². The summed E-state index contributed by atoms with van der Waals surface area (Å²) < 4.78 is 54.2. The van der Waals surface area contributed by atoms with Crippen LogP contribution in [0.15, 0.2) is 84.9 Å². The summed E-state index contributed by atoms with van der Waals surface area (Å²) in [4.78, 5) is 72.3. The number of amides is 5. The van der Waals surface area contributed by atoms with Crippen LogP contribution in [-0.4, -0.2) is 135 Å². The van der Waals surface area contributed by atoms with Crippen LogP contribution in [0.5, 0.6) is 0 Å². The van der Waals surface area contributed by atoms with Crippen LogP contribution in [-0.2, 0) is 17.9 Å². The standard InChI is InChI=1S/C24H27F3N4O3.C22H27FN4O2/c1-16-3-7-19(8-4-16)31(24(34)30-11-9-29(2)10-12-30)15-18-6-5-17(13-20(18)25)21(32)14-28-23(33)22(26)27;1-16-3-7-19(8-4-16)27(22(29)26-11-9-25(2)10-12-26)15-18-6-5-17(13-20(18)23)21(28)14-24/h3-8,13,22H,9-12,14-15H2,1-2H3,(H,28,33);3-8,13H,9-12,14-15,24H2,1-2H3. The topological polar surface area (TPSA) is 143 Å². The molecule has 4 aromatic rings. The number of aryl methyl sites for hydroxylation is 2. The van der Waals surface area contributed by atoms with Crippen molar-refractivity contribution in [1.29, 1.82) is 0 Å². The highest BCUT2D eigenvalue weighted by Gasteiger charge is 2.28. The number of Topliss-reactive ketones (excluding diaryl/α,β-unsaturated/α-hetero) is 2. The van der Waals surface area contributed by atoms with Gasteiger partial charge in [0, 0.05) is 86.0 Å². The quantitative estimate of drug-likeness (QED) is 0.136. The fourth-order valence-electron chi connectivity index (χ4n) is 6.83. The van der Waals surface area contributed by atoms with E-state index in [1.807, 2.05) is 64.3 Å². The molecular formula is C46H54F4N8O5. The largest absolute Gasteiger partial charge is 0.344 e. The molecule has 3 N–H and O–H groups in total. The zero-order valence-electron chi connectivity index (χ0n) is 36.0. The molecule has 0 radical (unpaired) electrons. The molecule has 2 aliphatic rings. The number of anilines is 2. The Morgan fingerprint density at radius 1 is 0.603 bits per heavy atom. The number of halogens is 4. The SMILES string of the molecule is Cc1ccc(N(Cc2ccc(C(=O)CN)cc2F)C(=O)N2CCN(C)CC2)cc1.Cc1ccc(N(Cc2ccc(C(=O)CNC(=O)C(F)F)cc2F)C(=O)N2CCN(C)CC2)cc1. The maximum atomic E-state index is 14.9. The van der Waals surface area contributed by atoms with E-state index in [-0.39, 0.29) is 54.2 Å². The Balaban J connectivity index is 0.000000240. The smallest absolute Gasteiger partial charge is 0.324 e. The first-order valence-corrected chi connectivity index (χ1v) is 20.6. The van der Waals surface area contributed by atoms with Gasteiger partial charge in [0.05, 0.1) is 26.2 Å². The molecule has 0 bridgehead atoms. The number of piperazine rings is 2. The minimum atomic E-state index is -3.24. The van der Waals surface area contributed by atoms with E-state index >= 15 is 0 Å². The molecule has 0 atom stereocenters. The molecule has 0 aromatic heterocycles. The van der Waals surface area contributed by atoms with Gasteiger partial charge in [0.25, 0.3) is 5.91 Å². The Morgan fingerprint density at radius 2 is 0.984 bits per heavy atom. The molecule has 0 unspecified atom stereocenters. The number of nitrogens with zero attached hydrogens (tertiary/aromatic N) is 6. The van der Waals surface area contributed by atoms with E-state index in [4.69, 9.17) is 5.73 Å². The number of benzene rings is 4. The van der Waals surface area contributed by atoms with Crippen molar-refractivity contribution in [2.24, 2.45) is 5.73 Å². The van der Waals surface area contributed by atoms with Gasteiger partial charge in [-0.2, -0.15) is 8.78 Å². The van der Waals surface area contributed by atoms with E-state index in [0.717, 1.165) is 43.4 Å². The van der Waals surface area contributed by atoms with E-state index in [0.29, 0.717) is 43.1 Å². The summed E-state index contributed by atoms with van der Waals surface area (Å²) in [6.07, 6.45) is -3.24. The van der Waals surface area contributed by atoms with Crippen molar-refractivity contribution in [2.75, 3.05) is 89.3 Å². The Bertz CT molecular complexity index is 2230. The molecule has 63 heavy (non-hydrogen) atoms. The summed E-state index contributed by atoms with van der Waals surface area (Å²) in [5.41, 5.74) is 9.49. The van der Waals surface area contributed by atoms with Crippen LogP contribution in [0, 0.1) is 25.5 Å². The molecule has 0 saturated carbocycles. The third kappa shape index (κ3) is 13.2. The number of hydrogen-bond donors (Lipinski definition) is 2. The van der Waals surface area contributed by atoms with Gasteiger partial charge in [0.1, 0.15) is 11.6 Å². The number of alkyl halides is 2. The van der Waals surface area contributed by atoms with E-state index in [1.54, 1.807) is 44.3 Å². The highest BCUT2D eigenvalue weighted by Crippen LogP contribution is 2.25. The second-order valence-electron chi connectivity index (χ2n) is 15.7. The van der Waals surface area contributed by atoms with Gasteiger partial charge in [-0.3, -0.25) is 24.2 Å². The van der Waals surface area contributed by atoms with Gasteiger partial charge in [-0.05, 0) is 64.3 Å². The summed E-state index contributed by atoms with van der Waals surface area (Å²) >= 11 is 0. The van der Waals surface area contributed by atoms with Crippen LogP contribution in [0.25, 0.3) is 0 Å². The van der Waals surface area contributed by atoms with Gasteiger partial charge in [0.2, 0.25) is 0 Å². The maximum absolute atomic E-state index is 14.9. The first-order chi connectivity index (χ1) is 30.0. The van der Waals surface area contributed by atoms with Crippen molar-refractivity contribution < 1.29 is 41.5 Å². The van der Waals surface area contributed by atoms with Crippen LogP contribution in [0.4, 0.5) is 38.5 Å². The first kappa shape index (κ1) is 47.9. The highest BCUT2D eigenvalue weighted by molar-refractivity contribution is 6.00. The number of hydrogen-bond acceptors (Lipinski definition) is 8. The number of urea groups is 2. The molecule has 0 aliphatic carbocycles. The number of likely N-dealkylation sites (N-methyl/N-ethyl adjacent to an activating group) is 2. The Hall–Kier alpha value is -6.17. The number of ketones is 2. The molecular weight excluding hydrogens is 821 g/mol. The average Bonchev–Trinajstić information content (AvgIpc) is 3.28. The average molecular weight is 875 g/mol. The van der Waals surface area contributed by atoms with Gasteiger partial charge < -0.3 is 30.7 Å². The maximum Gasteiger partial charge on any atom is 0.324 e. The lowest BCUT2D eigenvalue weighted by Crippen LogP contribution is -2.52. The molecule has 336 valence electrons. The molecule has 13 nitrogen and oxygen atoms in total. The molecule has 17 heteroatoms. The third-order valence-electron chi connectivity index (χ3n) is 10.9. The van der Waals surface area contributed by atoms with Crippen LogP contribution < -0.4 is 20.9 Å². The number of carbonyl (C=O) groups is 5. The number of nitrogens with two attached hydrogens (primary N) is 1. The molecule has 2 fully saturated rings. The van der Waals surface area contributed by atoms with Crippen molar-refractivity contribution in [3.63, 3.8) is 0 Å². The van der Waals surface area contributed by atoms with Crippen molar-refractivity contribution in [1.82, 2.24) is 24.9 Å². The summed E-state index contributed by atoms with van der Waals surface area (Å²) in [5, 5.41) is 1.80.